The van der Waals surface area contributed by atoms with Gasteiger partial charge in [-0.2, -0.15) is 0 Å². The molecule has 160 valence electrons. The third-order valence-electron chi connectivity index (χ3n) is 4.48. The summed E-state index contributed by atoms with van der Waals surface area (Å²) < 4.78 is 16.5. The van der Waals surface area contributed by atoms with E-state index in [1.807, 2.05) is 49.4 Å². The molecule has 1 amide bonds. The number of esters is 1. The van der Waals surface area contributed by atoms with Crippen molar-refractivity contribution in [1.29, 1.82) is 0 Å². The molecule has 3 aromatic carbocycles. The van der Waals surface area contributed by atoms with Crippen molar-refractivity contribution >= 4 is 11.9 Å². The number of benzene rings is 3. The summed E-state index contributed by atoms with van der Waals surface area (Å²) in [5, 5.41) is 0. The Morgan fingerprint density at radius 3 is 2.23 bits per heavy atom. The van der Waals surface area contributed by atoms with E-state index in [4.69, 9.17) is 14.2 Å². The molecule has 0 radical (unpaired) electrons. The number of hydrogen-bond acceptors (Lipinski definition) is 5. The lowest BCUT2D eigenvalue weighted by Crippen LogP contribution is -2.30. The predicted octanol–water partition coefficient (Wildman–Crippen LogP) is 4.69. The molecule has 0 saturated carbocycles. The normalized spacial score (nSPS) is 10.3. The Kier molecular flexibility index (Phi) is 7.65. The van der Waals surface area contributed by atoms with Gasteiger partial charge in [0.2, 0.25) is 0 Å². The third-order valence-corrected chi connectivity index (χ3v) is 4.48. The molecule has 0 atom stereocenters. The minimum atomic E-state index is -0.616. The molecule has 0 fully saturated rings. The van der Waals surface area contributed by atoms with Crippen molar-refractivity contribution in [3.63, 3.8) is 0 Å². The van der Waals surface area contributed by atoms with Crippen LogP contribution in [0.2, 0.25) is 0 Å². The molecule has 6 heteroatoms. The second-order valence-corrected chi connectivity index (χ2v) is 6.81. The van der Waals surface area contributed by atoms with E-state index in [2.05, 4.69) is 0 Å². The summed E-state index contributed by atoms with van der Waals surface area (Å²) in [5.41, 5.74) is 1.21. The summed E-state index contributed by atoms with van der Waals surface area (Å²) in [7, 11) is 1.67. The summed E-state index contributed by atoms with van der Waals surface area (Å²) in [6, 6.07) is 23.4. The number of ether oxygens (including phenoxy) is 3. The Balaban J connectivity index is 1.56. The van der Waals surface area contributed by atoms with Gasteiger partial charge in [0.25, 0.3) is 5.91 Å². The van der Waals surface area contributed by atoms with Crippen LogP contribution in [-0.4, -0.2) is 37.0 Å². The molecule has 0 unspecified atom stereocenters. The second kappa shape index (κ2) is 10.8. The molecule has 6 nitrogen and oxygen atoms in total. The average Bonchev–Trinajstić information content (AvgIpc) is 2.79. The van der Waals surface area contributed by atoms with Gasteiger partial charge in [-0.3, -0.25) is 4.79 Å². The Morgan fingerprint density at radius 1 is 0.839 bits per heavy atom. The number of nitrogens with zero attached hydrogens (tertiary/aromatic N) is 1. The number of hydrogen-bond donors (Lipinski definition) is 0. The summed E-state index contributed by atoms with van der Waals surface area (Å²) in [5.74, 6) is 0.839. The first-order valence-corrected chi connectivity index (χ1v) is 10.0. The highest BCUT2D eigenvalue weighted by molar-refractivity contribution is 5.94. The van der Waals surface area contributed by atoms with Crippen molar-refractivity contribution in [3.8, 4) is 17.2 Å². The van der Waals surface area contributed by atoms with Gasteiger partial charge in [-0.25, -0.2) is 4.79 Å². The molecule has 0 bridgehead atoms. The average molecular weight is 419 g/mol. The fourth-order valence-corrected chi connectivity index (χ4v) is 2.87. The molecule has 0 heterocycles. The molecular weight excluding hydrogens is 394 g/mol. The quantitative estimate of drug-likeness (QED) is 0.471. The first-order valence-electron chi connectivity index (χ1n) is 10.0. The van der Waals surface area contributed by atoms with Gasteiger partial charge in [-0.15, -0.1) is 0 Å². The van der Waals surface area contributed by atoms with Crippen LogP contribution in [0.5, 0.6) is 17.2 Å². The van der Waals surface area contributed by atoms with Crippen LogP contribution in [0.15, 0.2) is 78.9 Å². The molecule has 0 aliphatic rings. The molecule has 0 aliphatic heterocycles. The molecule has 0 N–H and O–H groups in total. The fraction of sp³-hybridized carbons (Fsp3) is 0.200. The molecule has 0 saturated heterocycles. The number of rotatable bonds is 9. The van der Waals surface area contributed by atoms with Crippen LogP contribution in [0.1, 0.15) is 22.8 Å². The molecule has 31 heavy (non-hydrogen) atoms. The first kappa shape index (κ1) is 21.9. The number of likely N-dealkylation sites (N-methyl/N-ethyl adjacent to an activating group) is 1. The van der Waals surface area contributed by atoms with E-state index in [0.29, 0.717) is 24.7 Å². The largest absolute Gasteiger partial charge is 0.494 e. The van der Waals surface area contributed by atoms with Crippen molar-refractivity contribution in [2.75, 3.05) is 20.3 Å². The Labute approximate surface area is 182 Å². The van der Waals surface area contributed by atoms with Crippen molar-refractivity contribution < 1.29 is 23.8 Å². The van der Waals surface area contributed by atoms with Gasteiger partial charge in [0.15, 0.2) is 6.61 Å². The topological polar surface area (TPSA) is 65.1 Å². The van der Waals surface area contributed by atoms with Crippen LogP contribution in [-0.2, 0) is 16.1 Å². The van der Waals surface area contributed by atoms with E-state index in [1.54, 1.807) is 43.4 Å². The van der Waals surface area contributed by atoms with Crippen LogP contribution in [0.25, 0.3) is 0 Å². The summed E-state index contributed by atoms with van der Waals surface area (Å²) in [6.45, 7) is 2.57. The molecule has 3 aromatic rings. The van der Waals surface area contributed by atoms with Crippen molar-refractivity contribution in [1.82, 2.24) is 4.90 Å². The van der Waals surface area contributed by atoms with Gasteiger partial charge in [0.1, 0.15) is 22.8 Å². The molecule has 0 aliphatic carbocycles. The minimum Gasteiger partial charge on any atom is -0.494 e. The second-order valence-electron chi connectivity index (χ2n) is 6.81. The lowest BCUT2D eigenvalue weighted by Gasteiger charge is -2.18. The maximum atomic E-state index is 12.6. The van der Waals surface area contributed by atoms with E-state index in [1.165, 1.54) is 4.90 Å². The van der Waals surface area contributed by atoms with E-state index >= 15 is 0 Å². The van der Waals surface area contributed by atoms with Crippen molar-refractivity contribution in [2.45, 2.75) is 13.5 Å². The minimum absolute atomic E-state index is 0.258. The highest BCUT2D eigenvalue weighted by Gasteiger charge is 2.17. The fourth-order valence-electron chi connectivity index (χ4n) is 2.87. The number of amides is 1. The number of para-hydroxylation sites is 2. The van der Waals surface area contributed by atoms with Crippen LogP contribution < -0.4 is 9.47 Å². The molecular formula is C25H25NO5. The van der Waals surface area contributed by atoms with Crippen LogP contribution >= 0.6 is 0 Å². The monoisotopic (exact) mass is 419 g/mol. The Bertz CT molecular complexity index is 1000. The van der Waals surface area contributed by atoms with Crippen LogP contribution in [0, 0.1) is 0 Å². The number of carbonyl (C=O) groups excluding carboxylic acids is 2. The smallest absolute Gasteiger partial charge is 0.342 e. The zero-order chi connectivity index (χ0) is 22.1. The summed E-state index contributed by atoms with van der Waals surface area (Å²) >= 11 is 0. The third kappa shape index (κ3) is 6.34. The van der Waals surface area contributed by atoms with Crippen LogP contribution in [0.3, 0.4) is 0 Å². The zero-order valence-electron chi connectivity index (χ0n) is 17.6. The predicted molar refractivity (Wildman–Crippen MR) is 117 cm³/mol. The van der Waals surface area contributed by atoms with Crippen molar-refractivity contribution in [3.05, 3.63) is 90.0 Å². The van der Waals surface area contributed by atoms with E-state index in [9.17, 15) is 9.59 Å². The van der Waals surface area contributed by atoms with Crippen LogP contribution in [0.4, 0.5) is 0 Å². The van der Waals surface area contributed by atoms with Gasteiger partial charge in [0, 0.05) is 13.6 Å². The standard InChI is InChI=1S/C25H25NO5/c1-3-29-20-15-13-19(14-16-20)17-26(2)24(27)18-30-25(28)22-11-7-8-12-23(22)31-21-9-5-4-6-10-21/h4-16H,3,17-18H2,1-2H3. The van der Waals surface area contributed by atoms with Gasteiger partial charge in [-0.05, 0) is 48.9 Å². The van der Waals surface area contributed by atoms with E-state index < -0.39 is 5.97 Å². The Hall–Kier alpha value is -3.80. The Morgan fingerprint density at radius 2 is 1.52 bits per heavy atom. The van der Waals surface area contributed by atoms with E-state index in [0.717, 1.165) is 11.3 Å². The van der Waals surface area contributed by atoms with Gasteiger partial charge >= 0.3 is 5.97 Å². The lowest BCUT2D eigenvalue weighted by molar-refractivity contribution is -0.133. The molecule has 0 aromatic heterocycles. The SMILES string of the molecule is CCOc1ccc(CN(C)C(=O)COC(=O)c2ccccc2Oc2ccccc2)cc1. The van der Waals surface area contributed by atoms with Gasteiger partial charge < -0.3 is 19.1 Å². The number of carbonyl (C=O) groups is 2. The summed E-state index contributed by atoms with van der Waals surface area (Å²) in [6.07, 6.45) is 0. The molecule has 3 rings (SSSR count). The highest BCUT2D eigenvalue weighted by Crippen LogP contribution is 2.25. The molecule has 0 spiro atoms. The van der Waals surface area contributed by atoms with Crippen molar-refractivity contribution in [2.24, 2.45) is 0 Å². The van der Waals surface area contributed by atoms with Gasteiger partial charge in [0.05, 0.1) is 6.61 Å². The maximum absolute atomic E-state index is 12.6. The maximum Gasteiger partial charge on any atom is 0.342 e. The first-order chi connectivity index (χ1) is 15.1. The van der Waals surface area contributed by atoms with Gasteiger partial charge in [-0.1, -0.05) is 42.5 Å². The van der Waals surface area contributed by atoms with E-state index in [-0.39, 0.29) is 18.1 Å². The lowest BCUT2D eigenvalue weighted by atomic mass is 10.2. The highest BCUT2D eigenvalue weighted by atomic mass is 16.5. The zero-order valence-corrected chi connectivity index (χ0v) is 17.6. The summed E-state index contributed by atoms with van der Waals surface area (Å²) in [4.78, 5) is 26.5.